The number of hydrogen-bond donors (Lipinski definition) is 4. The van der Waals surface area contributed by atoms with Gasteiger partial charge in [-0.2, -0.15) is 12.6 Å². The fourth-order valence-corrected chi connectivity index (χ4v) is 4.15. The molecule has 0 spiro atoms. The van der Waals surface area contributed by atoms with E-state index >= 15 is 0 Å². The summed E-state index contributed by atoms with van der Waals surface area (Å²) in [5, 5.41) is 14.9. The average molecular weight is 503 g/mol. The van der Waals surface area contributed by atoms with Crippen molar-refractivity contribution in [2.45, 2.75) is 33.4 Å². The van der Waals surface area contributed by atoms with Gasteiger partial charge >= 0.3 is 6.09 Å². The number of rotatable bonds is 10. The van der Waals surface area contributed by atoms with Crippen LogP contribution in [0.25, 0.3) is 11.3 Å². The molecule has 0 aliphatic carbocycles. The van der Waals surface area contributed by atoms with Gasteiger partial charge in [0.2, 0.25) is 0 Å². The zero-order valence-electron chi connectivity index (χ0n) is 20.1. The van der Waals surface area contributed by atoms with Gasteiger partial charge in [0.15, 0.2) is 0 Å². The van der Waals surface area contributed by atoms with Crippen molar-refractivity contribution in [2.75, 3.05) is 18.8 Å². The van der Waals surface area contributed by atoms with Gasteiger partial charge in [-0.15, -0.1) is 0 Å². The van der Waals surface area contributed by atoms with E-state index in [-0.39, 0.29) is 29.5 Å². The molecule has 3 N–H and O–H groups in total. The Balaban J connectivity index is 2.00. The fourth-order valence-electron chi connectivity index (χ4n) is 3.89. The smallest absolute Gasteiger partial charge is 0.404 e. The van der Waals surface area contributed by atoms with Crippen LogP contribution >= 0.6 is 12.6 Å². The van der Waals surface area contributed by atoms with Crippen LogP contribution in [-0.2, 0) is 6.54 Å². The standard InChI is InChI=1S/C26H32F2N4O2S/c1-26(2,3)23(29-12-18(16-35)13-30-25(33)34)24-31-22(20-11-19(27)9-10-21(20)28)15-32(24)14-17-7-5-4-6-8-17/h4-11,15,18,23,29-30,35H,12-14,16H2,1-3H3,(H,33,34)/t18?,23-/m0/s1. The highest BCUT2D eigenvalue weighted by Gasteiger charge is 2.31. The Kier molecular flexibility index (Phi) is 8.91. The Morgan fingerprint density at radius 3 is 2.49 bits per heavy atom. The number of nitrogens with zero attached hydrogens (tertiary/aromatic N) is 2. The van der Waals surface area contributed by atoms with Gasteiger partial charge < -0.3 is 20.3 Å². The second-order valence-electron chi connectivity index (χ2n) is 9.66. The van der Waals surface area contributed by atoms with Gasteiger partial charge in [0, 0.05) is 31.4 Å². The van der Waals surface area contributed by atoms with Crippen LogP contribution < -0.4 is 10.6 Å². The van der Waals surface area contributed by atoms with E-state index in [0.717, 1.165) is 23.8 Å². The number of imidazole rings is 1. The summed E-state index contributed by atoms with van der Waals surface area (Å²) in [6, 6.07) is 12.9. The van der Waals surface area contributed by atoms with Crippen molar-refractivity contribution in [3.8, 4) is 11.3 Å². The lowest BCUT2D eigenvalue weighted by Gasteiger charge is -2.33. The van der Waals surface area contributed by atoms with Gasteiger partial charge in [0.1, 0.15) is 17.5 Å². The highest BCUT2D eigenvalue weighted by Crippen LogP contribution is 2.35. The molecule has 0 saturated carbocycles. The molecule has 1 aromatic heterocycles. The maximum absolute atomic E-state index is 14.6. The van der Waals surface area contributed by atoms with E-state index in [0.29, 0.717) is 30.4 Å². The van der Waals surface area contributed by atoms with Gasteiger partial charge in [-0.25, -0.2) is 18.6 Å². The van der Waals surface area contributed by atoms with E-state index in [2.05, 4.69) is 44.0 Å². The lowest BCUT2D eigenvalue weighted by atomic mass is 9.85. The van der Waals surface area contributed by atoms with Crippen LogP contribution in [0.4, 0.5) is 13.6 Å². The average Bonchev–Trinajstić information content (AvgIpc) is 3.20. The number of halogens is 2. The van der Waals surface area contributed by atoms with E-state index in [1.807, 2.05) is 34.9 Å². The van der Waals surface area contributed by atoms with Crippen molar-refractivity contribution in [1.29, 1.82) is 0 Å². The molecule has 0 saturated heterocycles. The lowest BCUT2D eigenvalue weighted by molar-refractivity contribution is 0.191. The first-order valence-electron chi connectivity index (χ1n) is 11.5. The third kappa shape index (κ3) is 7.29. The fraction of sp³-hybridized carbons (Fsp3) is 0.385. The predicted octanol–water partition coefficient (Wildman–Crippen LogP) is 5.37. The monoisotopic (exact) mass is 502 g/mol. The first-order valence-corrected chi connectivity index (χ1v) is 12.1. The van der Waals surface area contributed by atoms with Gasteiger partial charge in [-0.1, -0.05) is 51.1 Å². The largest absolute Gasteiger partial charge is 0.465 e. The molecule has 3 rings (SSSR count). The van der Waals surface area contributed by atoms with Crippen LogP contribution in [0, 0.1) is 23.0 Å². The number of aromatic nitrogens is 2. The van der Waals surface area contributed by atoms with Gasteiger partial charge in [0.05, 0.1) is 11.7 Å². The molecule has 0 radical (unpaired) electrons. The Hall–Kier alpha value is -2.91. The Bertz CT molecular complexity index is 1130. The Labute approximate surface area is 210 Å². The molecule has 0 aliphatic rings. The predicted molar refractivity (Wildman–Crippen MR) is 137 cm³/mol. The van der Waals surface area contributed by atoms with Crippen molar-refractivity contribution >= 4 is 18.7 Å². The van der Waals surface area contributed by atoms with Crippen molar-refractivity contribution in [1.82, 2.24) is 20.2 Å². The normalized spacial score (nSPS) is 13.4. The van der Waals surface area contributed by atoms with E-state index in [4.69, 9.17) is 10.1 Å². The van der Waals surface area contributed by atoms with Crippen LogP contribution in [-0.4, -0.2) is 39.6 Å². The molecular weight excluding hydrogens is 470 g/mol. The molecule has 188 valence electrons. The summed E-state index contributed by atoms with van der Waals surface area (Å²) in [7, 11) is 0. The Morgan fingerprint density at radius 2 is 1.86 bits per heavy atom. The molecular formula is C26H32F2N4O2S. The minimum absolute atomic E-state index is 0.0445. The van der Waals surface area contributed by atoms with Gasteiger partial charge in [-0.05, 0) is 40.8 Å². The topological polar surface area (TPSA) is 79.2 Å². The summed E-state index contributed by atoms with van der Waals surface area (Å²) >= 11 is 4.37. The van der Waals surface area contributed by atoms with E-state index in [9.17, 15) is 13.6 Å². The van der Waals surface area contributed by atoms with E-state index in [1.54, 1.807) is 6.20 Å². The molecule has 2 atom stereocenters. The zero-order chi connectivity index (χ0) is 25.6. The van der Waals surface area contributed by atoms with Crippen LogP contribution in [0.1, 0.15) is 38.2 Å². The highest BCUT2D eigenvalue weighted by atomic mass is 32.1. The van der Waals surface area contributed by atoms with E-state index in [1.165, 1.54) is 0 Å². The van der Waals surface area contributed by atoms with Crippen molar-refractivity contribution in [3.63, 3.8) is 0 Å². The summed E-state index contributed by atoms with van der Waals surface area (Å²) in [6.07, 6.45) is 0.673. The molecule has 2 aromatic carbocycles. The highest BCUT2D eigenvalue weighted by molar-refractivity contribution is 7.80. The molecule has 0 aliphatic heterocycles. The second-order valence-corrected chi connectivity index (χ2v) is 10.0. The summed E-state index contributed by atoms with van der Waals surface area (Å²) in [5.74, 6) is 0.0506. The van der Waals surface area contributed by atoms with Crippen LogP contribution in [0.5, 0.6) is 0 Å². The lowest BCUT2D eigenvalue weighted by Crippen LogP contribution is -2.40. The molecule has 35 heavy (non-hydrogen) atoms. The quantitative estimate of drug-likeness (QED) is 0.281. The molecule has 1 heterocycles. The maximum Gasteiger partial charge on any atom is 0.404 e. The third-order valence-corrected chi connectivity index (χ3v) is 6.26. The van der Waals surface area contributed by atoms with Crippen LogP contribution in [0.3, 0.4) is 0 Å². The summed E-state index contributed by atoms with van der Waals surface area (Å²) in [5.41, 5.74) is 1.20. The number of hydrogen-bond acceptors (Lipinski definition) is 4. The molecule has 1 unspecified atom stereocenters. The first kappa shape index (κ1) is 26.7. The third-order valence-electron chi connectivity index (χ3n) is 5.74. The number of thiol groups is 1. The van der Waals surface area contributed by atoms with Crippen molar-refractivity contribution in [2.24, 2.45) is 11.3 Å². The molecule has 1 amide bonds. The van der Waals surface area contributed by atoms with Gasteiger partial charge in [-0.3, -0.25) is 0 Å². The zero-order valence-corrected chi connectivity index (χ0v) is 21.0. The van der Waals surface area contributed by atoms with E-state index < -0.39 is 17.7 Å². The van der Waals surface area contributed by atoms with Crippen LogP contribution in [0.2, 0.25) is 0 Å². The second kappa shape index (κ2) is 11.7. The molecule has 0 bridgehead atoms. The maximum atomic E-state index is 14.6. The first-order chi connectivity index (χ1) is 16.6. The molecule has 9 heteroatoms. The van der Waals surface area contributed by atoms with Gasteiger partial charge in [0.25, 0.3) is 0 Å². The molecule has 0 fully saturated rings. The SMILES string of the molecule is CC(C)(C)[C@@H](NCC(CS)CNC(=O)O)c1nc(-c2cc(F)ccc2F)cn1Cc1ccccc1. The number of nitrogens with one attached hydrogen (secondary N) is 2. The van der Waals surface area contributed by atoms with Crippen LogP contribution in [0.15, 0.2) is 54.7 Å². The van der Waals surface area contributed by atoms with Crippen molar-refractivity contribution in [3.05, 3.63) is 77.8 Å². The number of benzene rings is 2. The summed E-state index contributed by atoms with van der Waals surface area (Å²) < 4.78 is 30.5. The van der Waals surface area contributed by atoms with Crippen molar-refractivity contribution < 1.29 is 18.7 Å². The minimum Gasteiger partial charge on any atom is -0.465 e. The number of carbonyl (C=O) groups is 1. The summed E-state index contributed by atoms with van der Waals surface area (Å²) in [4.78, 5) is 15.7. The number of amides is 1. The molecule has 3 aromatic rings. The Morgan fingerprint density at radius 1 is 1.14 bits per heavy atom. The summed E-state index contributed by atoms with van der Waals surface area (Å²) in [6.45, 7) is 7.47. The minimum atomic E-state index is -1.08. The number of carboxylic acid groups (broad SMARTS) is 1. The molecule has 6 nitrogen and oxygen atoms in total.